The van der Waals surface area contributed by atoms with Crippen molar-refractivity contribution in [2.45, 2.75) is 25.7 Å². The molecule has 0 saturated carbocycles. The van der Waals surface area contributed by atoms with Crippen LogP contribution in [0.2, 0.25) is 0 Å². The van der Waals surface area contributed by atoms with Gasteiger partial charge in [0.15, 0.2) is 0 Å². The molecule has 1 saturated heterocycles. The minimum atomic E-state index is -0.0561. The fourth-order valence-corrected chi connectivity index (χ4v) is 1.70. The Hall–Kier alpha value is -0.810. The topological polar surface area (TPSA) is 35.8 Å². The maximum absolute atomic E-state index is 9.06. The summed E-state index contributed by atoms with van der Waals surface area (Å²) in [6.45, 7) is 5.67. The summed E-state index contributed by atoms with van der Waals surface area (Å²) in [7, 11) is 0. The Morgan fingerprint density at radius 1 is 1.50 bits per heavy atom. The van der Waals surface area contributed by atoms with E-state index in [4.69, 9.17) is 5.26 Å². The molecule has 2 nitrogen and oxygen atoms in total. The van der Waals surface area contributed by atoms with E-state index < -0.39 is 0 Å². The zero-order valence-electron chi connectivity index (χ0n) is 7.47. The maximum atomic E-state index is 9.06. The van der Waals surface area contributed by atoms with Crippen molar-refractivity contribution in [2.75, 3.05) is 13.1 Å². The molecular formula is C10H16N2. The molecular weight excluding hydrogens is 148 g/mol. The molecule has 0 aromatic rings. The summed E-state index contributed by atoms with van der Waals surface area (Å²) >= 11 is 0. The summed E-state index contributed by atoms with van der Waals surface area (Å²) in [5.74, 6) is 0. The molecule has 12 heavy (non-hydrogen) atoms. The molecule has 66 valence electrons. The number of allylic oxidation sites excluding steroid dienone is 1. The second kappa shape index (κ2) is 4.27. The summed E-state index contributed by atoms with van der Waals surface area (Å²) in [5.41, 5.74) is -0.0561. The Kier molecular flexibility index (Phi) is 3.31. The molecule has 0 radical (unpaired) electrons. The monoisotopic (exact) mass is 164 g/mol. The first kappa shape index (κ1) is 9.28. The minimum absolute atomic E-state index is 0.0561. The smallest absolute Gasteiger partial charge is 0.0690 e. The first-order chi connectivity index (χ1) is 5.83. The van der Waals surface area contributed by atoms with Crippen LogP contribution in [0.5, 0.6) is 0 Å². The van der Waals surface area contributed by atoms with Gasteiger partial charge in [0.1, 0.15) is 0 Å². The van der Waals surface area contributed by atoms with Crippen molar-refractivity contribution < 1.29 is 0 Å². The number of rotatable bonds is 3. The van der Waals surface area contributed by atoms with Crippen molar-refractivity contribution in [3.05, 3.63) is 12.7 Å². The quantitative estimate of drug-likeness (QED) is 0.646. The molecule has 0 atom stereocenters. The summed E-state index contributed by atoms with van der Waals surface area (Å²) < 4.78 is 0. The lowest BCUT2D eigenvalue weighted by Gasteiger charge is -2.30. The van der Waals surface area contributed by atoms with Crippen LogP contribution in [-0.2, 0) is 0 Å². The van der Waals surface area contributed by atoms with Crippen molar-refractivity contribution in [1.82, 2.24) is 5.32 Å². The van der Waals surface area contributed by atoms with Gasteiger partial charge in [-0.2, -0.15) is 5.26 Å². The van der Waals surface area contributed by atoms with E-state index in [9.17, 15) is 0 Å². The first-order valence-electron chi connectivity index (χ1n) is 4.56. The van der Waals surface area contributed by atoms with Gasteiger partial charge in [-0.05, 0) is 38.8 Å². The molecule has 0 aromatic heterocycles. The van der Waals surface area contributed by atoms with Gasteiger partial charge in [0, 0.05) is 0 Å². The molecule has 0 aromatic carbocycles. The molecule has 1 rings (SSSR count). The minimum Gasteiger partial charge on any atom is -0.317 e. The van der Waals surface area contributed by atoms with E-state index in [1.54, 1.807) is 0 Å². The Labute approximate surface area is 74.3 Å². The van der Waals surface area contributed by atoms with Crippen molar-refractivity contribution in [3.63, 3.8) is 0 Å². The first-order valence-corrected chi connectivity index (χ1v) is 4.56. The molecule has 1 aliphatic heterocycles. The summed E-state index contributed by atoms with van der Waals surface area (Å²) in [6.07, 6.45) is 5.85. The lowest BCUT2D eigenvalue weighted by molar-refractivity contribution is 0.265. The zero-order valence-corrected chi connectivity index (χ0v) is 7.47. The van der Waals surface area contributed by atoms with Gasteiger partial charge in [-0.15, -0.1) is 6.58 Å². The van der Waals surface area contributed by atoms with Gasteiger partial charge < -0.3 is 5.32 Å². The molecule has 0 spiro atoms. The van der Waals surface area contributed by atoms with Crippen LogP contribution in [0.15, 0.2) is 12.7 Å². The van der Waals surface area contributed by atoms with E-state index in [2.05, 4.69) is 18.0 Å². The Morgan fingerprint density at radius 2 is 2.17 bits per heavy atom. The number of hydrogen-bond acceptors (Lipinski definition) is 2. The fraction of sp³-hybridized carbons (Fsp3) is 0.700. The SMILES string of the molecule is C=CCCC1(C#N)CCNCC1. The number of piperidine rings is 1. The molecule has 0 unspecified atom stereocenters. The van der Waals surface area contributed by atoms with E-state index in [-0.39, 0.29) is 5.41 Å². The highest BCUT2D eigenvalue weighted by molar-refractivity contribution is 5.02. The highest BCUT2D eigenvalue weighted by Gasteiger charge is 2.30. The third kappa shape index (κ3) is 2.09. The lowest BCUT2D eigenvalue weighted by Crippen LogP contribution is -2.35. The normalized spacial score (nSPS) is 21.2. The third-order valence-corrected chi connectivity index (χ3v) is 2.62. The predicted octanol–water partition coefficient (Wildman–Crippen LogP) is 1.85. The van der Waals surface area contributed by atoms with Crippen LogP contribution in [0.1, 0.15) is 25.7 Å². The van der Waals surface area contributed by atoms with Crippen LogP contribution < -0.4 is 5.32 Å². The third-order valence-electron chi connectivity index (χ3n) is 2.62. The fourth-order valence-electron chi connectivity index (χ4n) is 1.70. The van der Waals surface area contributed by atoms with E-state index >= 15 is 0 Å². The van der Waals surface area contributed by atoms with Crippen LogP contribution in [-0.4, -0.2) is 13.1 Å². The highest BCUT2D eigenvalue weighted by Crippen LogP contribution is 2.32. The van der Waals surface area contributed by atoms with Gasteiger partial charge >= 0.3 is 0 Å². The van der Waals surface area contributed by atoms with Gasteiger partial charge in [0.25, 0.3) is 0 Å². The maximum Gasteiger partial charge on any atom is 0.0690 e. The molecule has 0 aliphatic carbocycles. The van der Waals surface area contributed by atoms with Gasteiger partial charge in [0.05, 0.1) is 11.5 Å². The second-order valence-electron chi connectivity index (χ2n) is 3.47. The van der Waals surface area contributed by atoms with Crippen molar-refractivity contribution in [3.8, 4) is 6.07 Å². The van der Waals surface area contributed by atoms with Gasteiger partial charge in [0.2, 0.25) is 0 Å². The van der Waals surface area contributed by atoms with Gasteiger partial charge in [-0.25, -0.2) is 0 Å². The summed E-state index contributed by atoms with van der Waals surface area (Å²) in [5, 5.41) is 12.3. The van der Waals surface area contributed by atoms with Crippen LogP contribution in [0, 0.1) is 16.7 Å². The van der Waals surface area contributed by atoms with E-state index in [0.29, 0.717) is 0 Å². The molecule has 1 N–H and O–H groups in total. The molecule has 1 fully saturated rings. The molecule has 1 aliphatic rings. The average Bonchev–Trinajstić information content (AvgIpc) is 2.16. The van der Waals surface area contributed by atoms with Crippen LogP contribution >= 0.6 is 0 Å². The largest absolute Gasteiger partial charge is 0.317 e. The van der Waals surface area contributed by atoms with E-state index in [0.717, 1.165) is 38.8 Å². The molecule has 0 bridgehead atoms. The van der Waals surface area contributed by atoms with Gasteiger partial charge in [-0.3, -0.25) is 0 Å². The number of nitrogens with zero attached hydrogens (tertiary/aromatic N) is 1. The average molecular weight is 164 g/mol. The van der Waals surface area contributed by atoms with Crippen LogP contribution in [0.3, 0.4) is 0 Å². The molecule has 1 heterocycles. The lowest BCUT2D eigenvalue weighted by atomic mass is 9.77. The number of nitrogens with one attached hydrogen (secondary N) is 1. The zero-order chi connectivity index (χ0) is 8.86. The number of hydrogen-bond donors (Lipinski definition) is 1. The van der Waals surface area contributed by atoms with Crippen molar-refractivity contribution in [1.29, 1.82) is 5.26 Å². The molecule has 2 heteroatoms. The number of nitriles is 1. The van der Waals surface area contributed by atoms with Crippen molar-refractivity contribution in [2.24, 2.45) is 5.41 Å². The summed E-state index contributed by atoms with van der Waals surface area (Å²) in [4.78, 5) is 0. The van der Waals surface area contributed by atoms with Crippen LogP contribution in [0.4, 0.5) is 0 Å². The highest BCUT2D eigenvalue weighted by atomic mass is 14.9. The standard InChI is InChI=1S/C10H16N2/c1-2-3-4-10(9-11)5-7-12-8-6-10/h2,12H,1,3-8H2. The van der Waals surface area contributed by atoms with Gasteiger partial charge in [-0.1, -0.05) is 6.08 Å². The Morgan fingerprint density at radius 3 is 2.67 bits per heavy atom. The van der Waals surface area contributed by atoms with E-state index in [1.807, 2.05) is 6.08 Å². The van der Waals surface area contributed by atoms with Crippen LogP contribution in [0.25, 0.3) is 0 Å². The predicted molar refractivity (Wildman–Crippen MR) is 49.6 cm³/mol. The second-order valence-corrected chi connectivity index (χ2v) is 3.47. The van der Waals surface area contributed by atoms with Crippen molar-refractivity contribution >= 4 is 0 Å². The Balaban J connectivity index is 2.49. The van der Waals surface area contributed by atoms with E-state index in [1.165, 1.54) is 0 Å². The Bertz CT molecular complexity index is 185. The summed E-state index contributed by atoms with van der Waals surface area (Å²) in [6, 6.07) is 2.46. The molecule has 0 amide bonds.